The molecule has 0 aliphatic carbocycles. The highest BCUT2D eigenvalue weighted by Crippen LogP contribution is 2.40. The summed E-state index contributed by atoms with van der Waals surface area (Å²) in [6, 6.07) is 6.53. The maximum Gasteiger partial charge on any atom is 0.192 e. The molecule has 1 aliphatic rings. The molecule has 7 heteroatoms. The second-order valence-electron chi connectivity index (χ2n) is 11.2. The summed E-state index contributed by atoms with van der Waals surface area (Å²) in [4.78, 5) is 12.1. The van der Waals surface area contributed by atoms with Crippen LogP contribution in [0.15, 0.2) is 0 Å². The zero-order valence-corrected chi connectivity index (χ0v) is 26.9. The number of carbonyl (C=O) groups is 1. The molecule has 35 heavy (non-hydrogen) atoms. The maximum atomic E-state index is 12.1. The predicted molar refractivity (Wildman–Crippen MR) is 152 cm³/mol. The second kappa shape index (κ2) is 15.4. The smallest absolute Gasteiger partial charge is 0.192 e. The van der Waals surface area contributed by atoms with Gasteiger partial charge in [0.2, 0.25) is 0 Å². The Kier molecular flexibility index (Phi) is 14.5. The van der Waals surface area contributed by atoms with Gasteiger partial charge < -0.3 is 23.1 Å². The van der Waals surface area contributed by atoms with Crippen LogP contribution in [0.2, 0.25) is 36.3 Å². The van der Waals surface area contributed by atoms with Gasteiger partial charge in [-0.15, -0.1) is 0 Å². The van der Waals surface area contributed by atoms with E-state index < -0.39 is 16.6 Å². The van der Waals surface area contributed by atoms with Gasteiger partial charge in [0.1, 0.15) is 6.29 Å². The first-order chi connectivity index (χ1) is 16.6. The molecule has 1 heterocycles. The van der Waals surface area contributed by atoms with Crippen LogP contribution in [0.25, 0.3) is 0 Å². The van der Waals surface area contributed by atoms with Crippen molar-refractivity contribution in [3.05, 3.63) is 0 Å². The minimum atomic E-state index is -1.91. The van der Waals surface area contributed by atoms with E-state index in [0.29, 0.717) is 5.92 Å². The van der Waals surface area contributed by atoms with E-state index in [9.17, 15) is 4.79 Å². The van der Waals surface area contributed by atoms with Gasteiger partial charge in [0.25, 0.3) is 0 Å². The van der Waals surface area contributed by atoms with E-state index in [1.54, 1.807) is 7.11 Å². The monoisotopic (exact) mass is 530 g/mol. The summed E-state index contributed by atoms with van der Waals surface area (Å²) in [7, 11) is -2.08. The Hall–Kier alpha value is -0.0562. The van der Waals surface area contributed by atoms with Crippen molar-refractivity contribution in [3.8, 4) is 0 Å². The fourth-order valence-electron chi connectivity index (χ4n) is 6.17. The van der Waals surface area contributed by atoms with Crippen LogP contribution in [0.4, 0.5) is 0 Å². The molecule has 0 aromatic rings. The van der Waals surface area contributed by atoms with Crippen molar-refractivity contribution in [1.82, 2.24) is 0 Å². The van der Waals surface area contributed by atoms with E-state index in [0.717, 1.165) is 55.4 Å². The van der Waals surface area contributed by atoms with E-state index in [-0.39, 0.29) is 42.4 Å². The Morgan fingerprint density at radius 2 is 1.29 bits per heavy atom. The number of rotatable bonds is 17. The van der Waals surface area contributed by atoms with E-state index >= 15 is 0 Å². The Morgan fingerprint density at radius 1 is 0.829 bits per heavy atom. The fraction of sp³-hybridized carbons (Fsp3) is 0.964. The Morgan fingerprint density at radius 3 is 1.69 bits per heavy atom. The predicted octanol–water partition coefficient (Wildman–Crippen LogP) is 7.66. The van der Waals surface area contributed by atoms with Crippen molar-refractivity contribution in [3.63, 3.8) is 0 Å². The molecule has 5 nitrogen and oxygen atoms in total. The van der Waals surface area contributed by atoms with Crippen molar-refractivity contribution in [1.29, 1.82) is 0 Å². The molecule has 208 valence electrons. The average molecular weight is 531 g/mol. The number of methoxy groups -OCH3 is 1. The quantitative estimate of drug-likeness (QED) is 0.143. The SMILES string of the molecule is CC[Si](CC)(CC)O[C@H]([C@H](C)[C@H](O[Si](CC)(CC)CC)[C@H](C)C1O[C@H](OC)CC[C@@H]1C)[C@@H](C)C=O. The topological polar surface area (TPSA) is 54.0 Å². The van der Waals surface area contributed by atoms with Crippen LogP contribution in [-0.4, -0.2) is 54.6 Å². The van der Waals surface area contributed by atoms with E-state index in [1.165, 1.54) is 0 Å². The molecule has 1 saturated heterocycles. The largest absolute Gasteiger partial charge is 0.413 e. The summed E-state index contributed by atoms with van der Waals surface area (Å²) in [6.07, 6.45) is 2.88. The summed E-state index contributed by atoms with van der Waals surface area (Å²) < 4.78 is 26.5. The van der Waals surface area contributed by atoms with Crippen LogP contribution in [0, 0.1) is 23.7 Å². The molecule has 0 saturated carbocycles. The highest BCUT2D eigenvalue weighted by molar-refractivity contribution is 6.74. The molecular weight excluding hydrogens is 472 g/mol. The molecule has 0 N–H and O–H groups in total. The molecule has 1 aliphatic heterocycles. The number of aldehydes is 1. The van der Waals surface area contributed by atoms with Crippen LogP contribution < -0.4 is 0 Å². The summed E-state index contributed by atoms with van der Waals surface area (Å²) in [6.45, 7) is 22.5. The lowest BCUT2D eigenvalue weighted by molar-refractivity contribution is -0.218. The fourth-order valence-corrected chi connectivity index (χ4v) is 12.2. The van der Waals surface area contributed by atoms with Crippen molar-refractivity contribution in [2.24, 2.45) is 23.7 Å². The van der Waals surface area contributed by atoms with Gasteiger partial charge in [0.15, 0.2) is 22.9 Å². The van der Waals surface area contributed by atoms with E-state index in [2.05, 4.69) is 62.3 Å². The van der Waals surface area contributed by atoms with Crippen LogP contribution in [0.1, 0.15) is 82.1 Å². The molecule has 0 bridgehead atoms. The molecular formula is C28H58O5Si2. The maximum absolute atomic E-state index is 12.1. The second-order valence-corrected chi connectivity index (χ2v) is 20.6. The van der Waals surface area contributed by atoms with Gasteiger partial charge in [-0.25, -0.2) is 0 Å². The molecule has 8 atom stereocenters. The van der Waals surface area contributed by atoms with Crippen molar-refractivity contribution >= 4 is 22.9 Å². The van der Waals surface area contributed by atoms with Crippen molar-refractivity contribution in [2.75, 3.05) is 7.11 Å². The normalized spacial score (nSPS) is 26.1. The summed E-state index contributed by atoms with van der Waals surface area (Å²) in [5, 5.41) is 0. The van der Waals surface area contributed by atoms with Crippen LogP contribution in [0.3, 0.4) is 0 Å². The number of carbonyl (C=O) groups excluding carboxylic acids is 1. The van der Waals surface area contributed by atoms with Crippen molar-refractivity contribution in [2.45, 2.75) is 143 Å². The average Bonchev–Trinajstić information content (AvgIpc) is 2.90. The summed E-state index contributed by atoms with van der Waals surface area (Å²) >= 11 is 0. The lowest BCUT2D eigenvalue weighted by Gasteiger charge is -2.47. The first kappa shape index (κ1) is 33.0. The molecule has 0 radical (unpaired) electrons. The zero-order valence-electron chi connectivity index (χ0n) is 24.9. The summed E-state index contributed by atoms with van der Waals surface area (Å²) in [5.74, 6) is 0.545. The van der Waals surface area contributed by atoms with Gasteiger partial charge >= 0.3 is 0 Å². The third-order valence-corrected chi connectivity index (χ3v) is 18.7. The summed E-state index contributed by atoms with van der Waals surface area (Å²) in [5.41, 5.74) is 0. The molecule has 1 unspecified atom stereocenters. The standard InChI is InChI=1S/C28H58O5Si2/c1-12-34(13-2,14-3)32-27(22(8)20-29)24(10)28(33-35(15-4,16-5)17-6)23(9)26-21(7)18-19-25(30-11)31-26/h20-28H,12-19H2,1-11H3/t21-,22-,23+,24-,25-,26?,27-,28+/m0/s1. The Labute approximate surface area is 219 Å². The lowest BCUT2D eigenvalue weighted by atomic mass is 9.78. The van der Waals surface area contributed by atoms with E-state index in [1.807, 2.05) is 6.92 Å². The van der Waals surface area contributed by atoms with Crippen LogP contribution in [0.5, 0.6) is 0 Å². The first-order valence-electron chi connectivity index (χ1n) is 14.6. The van der Waals surface area contributed by atoms with Gasteiger partial charge in [0.05, 0.1) is 18.3 Å². The minimum absolute atomic E-state index is 0.0192. The molecule has 0 aromatic carbocycles. The third kappa shape index (κ3) is 8.21. The molecule has 1 fully saturated rings. The molecule has 0 spiro atoms. The van der Waals surface area contributed by atoms with Crippen LogP contribution in [-0.2, 0) is 23.1 Å². The van der Waals surface area contributed by atoms with Gasteiger partial charge in [-0.2, -0.15) is 0 Å². The minimum Gasteiger partial charge on any atom is -0.413 e. The lowest BCUT2D eigenvalue weighted by Crippen LogP contribution is -2.54. The van der Waals surface area contributed by atoms with E-state index in [4.69, 9.17) is 18.3 Å². The Bertz CT molecular complexity index is 579. The van der Waals surface area contributed by atoms with Gasteiger partial charge in [-0.05, 0) is 55.0 Å². The molecule has 0 amide bonds. The number of hydrogen-bond donors (Lipinski definition) is 0. The zero-order chi connectivity index (χ0) is 26.8. The van der Waals surface area contributed by atoms with Gasteiger partial charge in [0, 0.05) is 24.9 Å². The molecule has 0 aromatic heterocycles. The highest BCUT2D eigenvalue weighted by atomic mass is 28.4. The third-order valence-electron chi connectivity index (χ3n) is 9.43. The number of ether oxygens (including phenoxy) is 2. The highest BCUT2D eigenvalue weighted by Gasteiger charge is 2.46. The van der Waals surface area contributed by atoms with Gasteiger partial charge in [-0.3, -0.25) is 0 Å². The number of hydrogen-bond acceptors (Lipinski definition) is 5. The first-order valence-corrected chi connectivity index (χ1v) is 19.6. The van der Waals surface area contributed by atoms with Crippen LogP contribution >= 0.6 is 0 Å². The Balaban J connectivity index is 3.48. The van der Waals surface area contributed by atoms with Gasteiger partial charge in [-0.1, -0.05) is 69.2 Å². The molecule has 1 rings (SSSR count). The van der Waals surface area contributed by atoms with Crippen molar-refractivity contribution < 1.29 is 23.1 Å².